The highest BCUT2D eigenvalue weighted by atomic mass is 16.5. The molecule has 0 radical (unpaired) electrons. The predicted octanol–water partition coefficient (Wildman–Crippen LogP) is 5.09. The maximum Gasteiger partial charge on any atom is 0.145 e. The van der Waals surface area contributed by atoms with Crippen LogP contribution in [0.1, 0.15) is 23.0 Å². The topological polar surface area (TPSA) is 59.2 Å². The van der Waals surface area contributed by atoms with E-state index in [1.165, 1.54) is 10.9 Å². The molecule has 0 aliphatic carbocycles. The fraction of sp³-hybridized carbons (Fsp3) is 0.174. The summed E-state index contributed by atoms with van der Waals surface area (Å²) in [6, 6.07) is 19.9. The first-order valence-corrected chi connectivity index (χ1v) is 9.18. The Labute approximate surface area is 164 Å². The molecule has 2 N–H and O–H groups in total. The number of rotatable bonds is 6. The molecule has 2 heterocycles. The Balaban J connectivity index is 1.85. The third-order valence-electron chi connectivity index (χ3n) is 4.92. The standard InChI is InChI=1S/C23H23N3O2/c1-15-22(17-8-4-5-9-18(17)25-15)23(20-10-6-7-13-24-20)26-19-12-11-16(27-2)14-21(19)28-3/h4-14,23,25-26H,1-3H3. The van der Waals surface area contributed by atoms with Gasteiger partial charge in [-0.25, -0.2) is 0 Å². The van der Waals surface area contributed by atoms with E-state index in [1.807, 2.05) is 48.7 Å². The van der Waals surface area contributed by atoms with Crippen LogP contribution in [0.2, 0.25) is 0 Å². The summed E-state index contributed by atoms with van der Waals surface area (Å²) in [4.78, 5) is 8.12. The lowest BCUT2D eigenvalue weighted by atomic mass is 9.99. The minimum Gasteiger partial charge on any atom is -0.497 e. The number of pyridine rings is 1. The van der Waals surface area contributed by atoms with E-state index in [-0.39, 0.29) is 6.04 Å². The van der Waals surface area contributed by atoms with Gasteiger partial charge in [-0.3, -0.25) is 4.98 Å². The van der Waals surface area contributed by atoms with E-state index in [2.05, 4.69) is 40.4 Å². The van der Waals surface area contributed by atoms with Gasteiger partial charge < -0.3 is 19.8 Å². The minimum atomic E-state index is -0.139. The number of H-pyrrole nitrogens is 1. The van der Waals surface area contributed by atoms with Crippen molar-refractivity contribution in [1.82, 2.24) is 9.97 Å². The van der Waals surface area contributed by atoms with E-state index in [1.54, 1.807) is 14.2 Å². The first-order chi connectivity index (χ1) is 13.7. The van der Waals surface area contributed by atoms with E-state index >= 15 is 0 Å². The molecule has 0 saturated heterocycles. The summed E-state index contributed by atoms with van der Waals surface area (Å²) in [6.45, 7) is 2.10. The highest BCUT2D eigenvalue weighted by Crippen LogP contribution is 2.37. The van der Waals surface area contributed by atoms with Crippen molar-refractivity contribution in [2.45, 2.75) is 13.0 Å². The maximum atomic E-state index is 5.59. The Morgan fingerprint density at radius 1 is 0.964 bits per heavy atom. The van der Waals surface area contributed by atoms with Crippen LogP contribution in [-0.4, -0.2) is 24.2 Å². The Bertz CT molecular complexity index is 1090. The molecule has 142 valence electrons. The fourth-order valence-electron chi connectivity index (χ4n) is 3.58. The van der Waals surface area contributed by atoms with Gasteiger partial charge in [0.15, 0.2) is 0 Å². The Morgan fingerprint density at radius 3 is 2.54 bits per heavy atom. The number of aromatic nitrogens is 2. The third-order valence-corrected chi connectivity index (χ3v) is 4.92. The Hall–Kier alpha value is -3.47. The van der Waals surface area contributed by atoms with Gasteiger partial charge in [-0.15, -0.1) is 0 Å². The molecule has 0 amide bonds. The molecule has 0 saturated carbocycles. The summed E-state index contributed by atoms with van der Waals surface area (Å²) in [6.07, 6.45) is 1.82. The van der Waals surface area contributed by atoms with Gasteiger partial charge >= 0.3 is 0 Å². The number of aromatic amines is 1. The van der Waals surface area contributed by atoms with E-state index in [0.29, 0.717) is 0 Å². The summed E-state index contributed by atoms with van der Waals surface area (Å²) in [5.74, 6) is 1.47. The SMILES string of the molecule is COc1ccc(NC(c2ccccn2)c2c(C)[nH]c3ccccc23)c(OC)c1. The van der Waals surface area contributed by atoms with Crippen LogP contribution >= 0.6 is 0 Å². The zero-order chi connectivity index (χ0) is 19.5. The lowest BCUT2D eigenvalue weighted by Gasteiger charge is -2.22. The molecular weight excluding hydrogens is 350 g/mol. The van der Waals surface area contributed by atoms with E-state index in [9.17, 15) is 0 Å². The molecule has 0 bridgehead atoms. The first-order valence-electron chi connectivity index (χ1n) is 9.18. The van der Waals surface area contributed by atoms with Gasteiger partial charge in [-0.05, 0) is 37.3 Å². The van der Waals surface area contributed by atoms with Gasteiger partial charge in [0, 0.05) is 34.4 Å². The van der Waals surface area contributed by atoms with E-state index in [0.717, 1.165) is 34.1 Å². The van der Waals surface area contributed by atoms with Crippen molar-refractivity contribution in [2.24, 2.45) is 0 Å². The van der Waals surface area contributed by atoms with E-state index < -0.39 is 0 Å². The van der Waals surface area contributed by atoms with Gasteiger partial charge in [0.1, 0.15) is 11.5 Å². The second kappa shape index (κ2) is 7.64. The summed E-state index contributed by atoms with van der Waals surface area (Å²) in [7, 11) is 3.31. The minimum absolute atomic E-state index is 0.139. The molecular formula is C23H23N3O2. The molecule has 1 unspecified atom stereocenters. The normalized spacial score (nSPS) is 12.0. The molecule has 5 heteroatoms. The molecule has 0 aliphatic heterocycles. The van der Waals surface area contributed by atoms with Crippen molar-refractivity contribution in [3.8, 4) is 11.5 Å². The number of fused-ring (bicyclic) bond motifs is 1. The van der Waals surface area contributed by atoms with Gasteiger partial charge in [-0.1, -0.05) is 24.3 Å². The summed E-state index contributed by atoms with van der Waals surface area (Å²) in [5.41, 5.74) is 5.21. The fourth-order valence-corrected chi connectivity index (χ4v) is 3.58. The Morgan fingerprint density at radius 2 is 1.79 bits per heavy atom. The van der Waals surface area contributed by atoms with Crippen LogP contribution in [0.5, 0.6) is 11.5 Å². The first kappa shape index (κ1) is 17.9. The number of benzene rings is 2. The molecule has 0 fully saturated rings. The van der Waals surface area contributed by atoms with Gasteiger partial charge in [0.25, 0.3) is 0 Å². The molecule has 28 heavy (non-hydrogen) atoms. The van der Waals surface area contributed by atoms with Crippen molar-refractivity contribution < 1.29 is 9.47 Å². The Kier molecular flexibility index (Phi) is 4.89. The molecule has 1 atom stereocenters. The maximum absolute atomic E-state index is 5.59. The quantitative estimate of drug-likeness (QED) is 0.494. The van der Waals surface area contributed by atoms with Gasteiger partial charge in [0.2, 0.25) is 0 Å². The number of methoxy groups -OCH3 is 2. The van der Waals surface area contributed by atoms with Gasteiger partial charge in [0.05, 0.1) is 31.6 Å². The van der Waals surface area contributed by atoms with Crippen molar-refractivity contribution in [3.05, 3.63) is 83.8 Å². The van der Waals surface area contributed by atoms with Crippen LogP contribution in [0.15, 0.2) is 66.9 Å². The van der Waals surface area contributed by atoms with Crippen molar-refractivity contribution >= 4 is 16.6 Å². The number of para-hydroxylation sites is 1. The average molecular weight is 373 g/mol. The van der Waals surface area contributed by atoms with E-state index in [4.69, 9.17) is 9.47 Å². The number of nitrogens with one attached hydrogen (secondary N) is 2. The highest BCUT2D eigenvalue weighted by molar-refractivity contribution is 5.86. The van der Waals surface area contributed by atoms with Crippen LogP contribution in [0.25, 0.3) is 10.9 Å². The summed E-state index contributed by atoms with van der Waals surface area (Å²) >= 11 is 0. The van der Waals surface area contributed by atoms with Crippen molar-refractivity contribution in [1.29, 1.82) is 0 Å². The largest absolute Gasteiger partial charge is 0.497 e. The summed E-state index contributed by atoms with van der Waals surface area (Å²) < 4.78 is 10.9. The van der Waals surface area contributed by atoms with Crippen LogP contribution in [0.4, 0.5) is 5.69 Å². The number of hydrogen-bond acceptors (Lipinski definition) is 4. The van der Waals surface area contributed by atoms with Crippen molar-refractivity contribution in [3.63, 3.8) is 0 Å². The number of hydrogen-bond donors (Lipinski definition) is 2. The number of aryl methyl sites for hydroxylation is 1. The molecule has 4 aromatic rings. The van der Waals surface area contributed by atoms with Crippen molar-refractivity contribution in [2.75, 3.05) is 19.5 Å². The number of anilines is 1. The molecule has 4 rings (SSSR count). The van der Waals surface area contributed by atoms with Gasteiger partial charge in [-0.2, -0.15) is 0 Å². The molecule has 5 nitrogen and oxygen atoms in total. The average Bonchev–Trinajstić information content (AvgIpc) is 3.08. The lowest BCUT2D eigenvalue weighted by molar-refractivity contribution is 0.395. The smallest absolute Gasteiger partial charge is 0.145 e. The second-order valence-corrected chi connectivity index (χ2v) is 6.61. The van der Waals surface area contributed by atoms with Crippen LogP contribution < -0.4 is 14.8 Å². The molecule has 2 aromatic carbocycles. The second-order valence-electron chi connectivity index (χ2n) is 6.61. The zero-order valence-electron chi connectivity index (χ0n) is 16.2. The number of nitrogens with zero attached hydrogens (tertiary/aromatic N) is 1. The summed E-state index contributed by atoms with van der Waals surface area (Å²) in [5, 5.41) is 4.81. The monoisotopic (exact) mass is 373 g/mol. The van der Waals surface area contributed by atoms with Crippen LogP contribution in [0.3, 0.4) is 0 Å². The lowest BCUT2D eigenvalue weighted by Crippen LogP contribution is -2.15. The highest BCUT2D eigenvalue weighted by Gasteiger charge is 2.23. The third kappa shape index (κ3) is 3.27. The predicted molar refractivity (Wildman–Crippen MR) is 112 cm³/mol. The molecule has 0 aliphatic rings. The molecule has 2 aromatic heterocycles. The van der Waals surface area contributed by atoms with Crippen LogP contribution in [0, 0.1) is 6.92 Å². The number of ether oxygens (including phenoxy) is 2. The zero-order valence-corrected chi connectivity index (χ0v) is 16.2. The van der Waals surface area contributed by atoms with Crippen LogP contribution in [-0.2, 0) is 0 Å². The molecule has 0 spiro atoms.